The number of alkyl halides is 2. The molecule has 0 aromatic heterocycles. The predicted octanol–water partition coefficient (Wildman–Crippen LogP) is 3.08. The lowest BCUT2D eigenvalue weighted by atomic mass is 10.2. The van der Waals surface area contributed by atoms with Crippen LogP contribution in [0.4, 0.5) is 0 Å². The van der Waals surface area contributed by atoms with Crippen molar-refractivity contribution in [3.63, 3.8) is 0 Å². The minimum absolute atomic E-state index is 0.149. The molecular formula is C12H15I2NO2S. The fourth-order valence-corrected chi connectivity index (χ4v) is 6.49. The summed E-state index contributed by atoms with van der Waals surface area (Å²) < 4.78 is 28.8. The van der Waals surface area contributed by atoms with E-state index >= 15 is 0 Å². The molecule has 0 radical (unpaired) electrons. The van der Waals surface area contributed by atoms with E-state index < -0.39 is 10.0 Å². The van der Waals surface area contributed by atoms with Gasteiger partial charge in [-0.3, -0.25) is 0 Å². The van der Waals surface area contributed by atoms with Crippen molar-refractivity contribution >= 4 is 55.2 Å². The van der Waals surface area contributed by atoms with Crippen molar-refractivity contribution in [1.82, 2.24) is 4.31 Å². The maximum absolute atomic E-state index is 12.7. The molecule has 100 valence electrons. The zero-order valence-corrected chi connectivity index (χ0v) is 14.9. The maximum Gasteiger partial charge on any atom is 0.243 e. The zero-order valence-electron chi connectivity index (χ0n) is 9.80. The van der Waals surface area contributed by atoms with Gasteiger partial charge in [0.15, 0.2) is 0 Å². The van der Waals surface area contributed by atoms with Crippen molar-refractivity contribution < 1.29 is 8.42 Å². The highest BCUT2D eigenvalue weighted by Crippen LogP contribution is 2.32. The lowest BCUT2D eigenvalue weighted by molar-refractivity contribution is 0.361. The molecule has 0 amide bonds. The van der Waals surface area contributed by atoms with E-state index in [1.807, 2.05) is 6.07 Å². The van der Waals surface area contributed by atoms with Crippen LogP contribution in [0.15, 0.2) is 35.2 Å². The first-order valence-corrected chi connectivity index (χ1v) is 10.3. The van der Waals surface area contributed by atoms with Crippen LogP contribution < -0.4 is 0 Å². The fourth-order valence-electron chi connectivity index (χ4n) is 2.33. The second-order valence-electron chi connectivity index (χ2n) is 4.34. The largest absolute Gasteiger partial charge is 0.243 e. The number of rotatable bonds is 4. The van der Waals surface area contributed by atoms with Crippen LogP contribution in [-0.2, 0) is 10.0 Å². The highest BCUT2D eigenvalue weighted by Gasteiger charge is 2.40. The van der Waals surface area contributed by atoms with E-state index in [-0.39, 0.29) is 12.1 Å². The van der Waals surface area contributed by atoms with E-state index in [4.69, 9.17) is 0 Å². The molecule has 0 saturated carbocycles. The second-order valence-corrected chi connectivity index (χ2v) is 7.95. The molecule has 1 saturated heterocycles. The molecule has 1 fully saturated rings. The van der Waals surface area contributed by atoms with E-state index in [1.165, 1.54) is 0 Å². The summed E-state index contributed by atoms with van der Waals surface area (Å²) in [6.45, 7) is 0. The maximum atomic E-state index is 12.7. The van der Waals surface area contributed by atoms with Crippen molar-refractivity contribution in [3.05, 3.63) is 30.3 Å². The average molecular weight is 491 g/mol. The normalized spacial score (nSPS) is 25.4. The van der Waals surface area contributed by atoms with Crippen molar-refractivity contribution in [2.45, 2.75) is 29.8 Å². The molecule has 1 aromatic rings. The van der Waals surface area contributed by atoms with Gasteiger partial charge in [-0.1, -0.05) is 63.4 Å². The van der Waals surface area contributed by atoms with Crippen LogP contribution in [0.5, 0.6) is 0 Å². The quantitative estimate of drug-likeness (QED) is 0.480. The van der Waals surface area contributed by atoms with Crippen LogP contribution in [0, 0.1) is 0 Å². The summed E-state index contributed by atoms with van der Waals surface area (Å²) in [5.41, 5.74) is 0. The predicted molar refractivity (Wildman–Crippen MR) is 90.1 cm³/mol. The number of hydrogen-bond donors (Lipinski definition) is 0. The van der Waals surface area contributed by atoms with Gasteiger partial charge in [-0.25, -0.2) is 8.42 Å². The first-order valence-electron chi connectivity index (χ1n) is 5.81. The lowest BCUT2D eigenvalue weighted by Crippen LogP contribution is -2.42. The first kappa shape index (κ1) is 15.0. The van der Waals surface area contributed by atoms with Gasteiger partial charge in [0.25, 0.3) is 0 Å². The van der Waals surface area contributed by atoms with Crippen LogP contribution >= 0.6 is 45.2 Å². The Morgan fingerprint density at radius 2 is 1.56 bits per heavy atom. The molecule has 0 N–H and O–H groups in total. The Bertz CT molecular complexity index is 480. The molecule has 2 atom stereocenters. The highest BCUT2D eigenvalue weighted by molar-refractivity contribution is 14.1. The van der Waals surface area contributed by atoms with Crippen LogP contribution in [0.2, 0.25) is 0 Å². The van der Waals surface area contributed by atoms with Gasteiger partial charge in [-0.05, 0) is 25.0 Å². The number of benzene rings is 1. The summed E-state index contributed by atoms with van der Waals surface area (Å²) in [6.07, 6.45) is 1.95. The van der Waals surface area contributed by atoms with Crippen LogP contribution in [0.25, 0.3) is 0 Å². The average Bonchev–Trinajstić information content (AvgIpc) is 2.83. The molecular weight excluding hydrogens is 476 g/mol. The van der Waals surface area contributed by atoms with Crippen molar-refractivity contribution in [3.8, 4) is 0 Å². The van der Waals surface area contributed by atoms with E-state index in [2.05, 4.69) is 45.2 Å². The molecule has 0 spiro atoms. The van der Waals surface area contributed by atoms with Gasteiger partial charge in [0.2, 0.25) is 10.0 Å². The Kier molecular flexibility index (Phi) is 5.30. The summed E-state index contributed by atoms with van der Waals surface area (Å²) in [6, 6.07) is 9.06. The lowest BCUT2D eigenvalue weighted by Gasteiger charge is -2.27. The van der Waals surface area contributed by atoms with E-state index in [0.29, 0.717) is 4.90 Å². The fraction of sp³-hybridized carbons (Fsp3) is 0.500. The standard InChI is InChI=1S/C12H15I2NO2S/c13-8-10-6-7-11(9-14)15(10)18(16,17)12-4-2-1-3-5-12/h1-5,10-11H,6-9H2. The third-order valence-corrected chi connectivity index (χ3v) is 7.28. The van der Waals surface area contributed by atoms with Gasteiger partial charge in [-0.15, -0.1) is 0 Å². The molecule has 6 heteroatoms. The van der Waals surface area contributed by atoms with Gasteiger partial charge in [0.05, 0.1) is 4.90 Å². The summed E-state index contributed by atoms with van der Waals surface area (Å²) in [7, 11) is -3.34. The Hall–Kier alpha value is 0.590. The Labute approximate surface area is 136 Å². The van der Waals surface area contributed by atoms with Crippen molar-refractivity contribution in [1.29, 1.82) is 0 Å². The van der Waals surface area contributed by atoms with E-state index in [1.54, 1.807) is 28.6 Å². The van der Waals surface area contributed by atoms with Crippen molar-refractivity contribution in [2.24, 2.45) is 0 Å². The van der Waals surface area contributed by atoms with Crippen LogP contribution in [0.1, 0.15) is 12.8 Å². The van der Waals surface area contributed by atoms with Gasteiger partial charge in [0.1, 0.15) is 0 Å². The molecule has 0 bridgehead atoms. The molecule has 2 rings (SSSR count). The molecule has 1 heterocycles. The molecule has 0 aliphatic carbocycles. The highest BCUT2D eigenvalue weighted by atomic mass is 127. The van der Waals surface area contributed by atoms with Gasteiger partial charge < -0.3 is 0 Å². The molecule has 2 unspecified atom stereocenters. The number of hydrogen-bond acceptors (Lipinski definition) is 2. The van der Waals surface area contributed by atoms with E-state index in [9.17, 15) is 8.42 Å². The van der Waals surface area contributed by atoms with Crippen LogP contribution in [-0.4, -0.2) is 33.7 Å². The molecule has 3 nitrogen and oxygen atoms in total. The topological polar surface area (TPSA) is 37.4 Å². The van der Waals surface area contributed by atoms with Crippen molar-refractivity contribution in [2.75, 3.05) is 8.86 Å². The minimum Gasteiger partial charge on any atom is -0.207 e. The Morgan fingerprint density at radius 1 is 1.06 bits per heavy atom. The number of nitrogens with zero attached hydrogens (tertiary/aromatic N) is 1. The van der Waals surface area contributed by atoms with Gasteiger partial charge >= 0.3 is 0 Å². The Morgan fingerprint density at radius 3 is 2.00 bits per heavy atom. The Balaban J connectivity index is 2.39. The van der Waals surface area contributed by atoms with E-state index in [0.717, 1.165) is 21.7 Å². The zero-order chi connectivity index (χ0) is 13.2. The first-order chi connectivity index (χ1) is 8.61. The summed E-state index contributed by atoms with van der Waals surface area (Å²) in [4.78, 5) is 0.414. The number of halogens is 2. The second kappa shape index (κ2) is 6.36. The monoisotopic (exact) mass is 491 g/mol. The summed E-state index contributed by atoms with van der Waals surface area (Å²) in [5.74, 6) is 0. The van der Waals surface area contributed by atoms with Crippen LogP contribution in [0.3, 0.4) is 0 Å². The third kappa shape index (κ3) is 2.85. The van der Waals surface area contributed by atoms with Gasteiger partial charge in [0, 0.05) is 20.9 Å². The molecule has 18 heavy (non-hydrogen) atoms. The summed E-state index contributed by atoms with van der Waals surface area (Å²) in [5, 5.41) is 0. The number of sulfonamides is 1. The summed E-state index contributed by atoms with van der Waals surface area (Å²) >= 11 is 4.56. The molecule has 1 aliphatic heterocycles. The molecule has 1 aliphatic rings. The SMILES string of the molecule is O=S(=O)(c1ccccc1)N1C(CI)CCC1CI. The minimum atomic E-state index is -3.34. The third-order valence-electron chi connectivity index (χ3n) is 3.23. The molecule has 1 aromatic carbocycles. The smallest absolute Gasteiger partial charge is 0.207 e. The van der Waals surface area contributed by atoms with Gasteiger partial charge in [-0.2, -0.15) is 4.31 Å².